The number of aromatic nitrogens is 4. The number of hydrogen-bond donors (Lipinski definition) is 3. The van der Waals surface area contributed by atoms with Crippen molar-refractivity contribution in [2.75, 3.05) is 6.61 Å². The van der Waals surface area contributed by atoms with E-state index in [1.807, 2.05) is 0 Å². The first kappa shape index (κ1) is 18.3. The highest BCUT2D eigenvalue weighted by atomic mass is 16.6. The molecule has 1 amide bonds. The van der Waals surface area contributed by atoms with Crippen molar-refractivity contribution < 1.29 is 24.8 Å². The number of ether oxygens (including phenoxy) is 1. The Hall–Kier alpha value is -4.12. The van der Waals surface area contributed by atoms with E-state index in [1.54, 1.807) is 18.2 Å². The van der Waals surface area contributed by atoms with Crippen LogP contribution in [0.5, 0.6) is 11.8 Å². The van der Waals surface area contributed by atoms with Crippen LogP contribution < -0.4 is 10.5 Å². The Labute approximate surface area is 162 Å². The van der Waals surface area contributed by atoms with Gasteiger partial charge in [-0.05, 0) is 12.1 Å². The first-order chi connectivity index (χ1) is 14.0. The van der Waals surface area contributed by atoms with Gasteiger partial charge in [-0.25, -0.2) is 10.2 Å². The summed E-state index contributed by atoms with van der Waals surface area (Å²) in [5.74, 6) is -0.454. The predicted octanol–water partition coefficient (Wildman–Crippen LogP) is 1.66. The van der Waals surface area contributed by atoms with Crippen molar-refractivity contribution in [3.05, 3.63) is 53.2 Å². The minimum Gasteiger partial charge on any atom is -0.424 e. The molecule has 4 aromatic rings. The standard InChI is InChI=1S/C18H14N6O5/c19-17(26)15-13-5-4-10-9-20-18(21-14(10)16(13)23(22-15)6-7-25)29-12-3-1-2-11(8-12)24(27)28/h1-5,8-9,25H,6-7H2,(H2-,19,26,27,28)/p+1. The SMILES string of the molecule is NC(=O)c1nn(CCO)c2c1ccc1cnc(Oc3cccc([N+](=O)O)c3)nc12. The molecule has 0 aliphatic rings. The Balaban J connectivity index is 1.86. The van der Waals surface area contributed by atoms with E-state index in [4.69, 9.17) is 15.7 Å². The molecule has 0 spiro atoms. The second-order valence-corrected chi connectivity index (χ2v) is 6.08. The molecule has 2 aromatic carbocycles. The summed E-state index contributed by atoms with van der Waals surface area (Å²) in [6, 6.07) is 9.22. The van der Waals surface area contributed by atoms with Crippen LogP contribution in [0.1, 0.15) is 10.5 Å². The zero-order valence-electron chi connectivity index (χ0n) is 14.9. The Kier molecular flexibility index (Phi) is 4.49. The van der Waals surface area contributed by atoms with Crippen LogP contribution >= 0.6 is 0 Å². The summed E-state index contributed by atoms with van der Waals surface area (Å²) in [5, 5.41) is 23.7. The lowest BCUT2D eigenvalue weighted by atomic mass is 10.1. The predicted molar refractivity (Wildman–Crippen MR) is 100 cm³/mol. The topological polar surface area (TPSA) is 156 Å². The maximum Gasteiger partial charge on any atom is 0.322 e. The zero-order valence-corrected chi connectivity index (χ0v) is 14.9. The van der Waals surface area contributed by atoms with Gasteiger partial charge in [-0.2, -0.15) is 10.1 Å². The summed E-state index contributed by atoms with van der Waals surface area (Å²) in [6.45, 7) is -0.0551. The average Bonchev–Trinajstić information content (AvgIpc) is 3.08. The number of rotatable bonds is 6. The molecule has 11 heteroatoms. The maximum absolute atomic E-state index is 11.7. The molecule has 0 atom stereocenters. The van der Waals surface area contributed by atoms with Crippen molar-refractivity contribution >= 4 is 33.4 Å². The number of aliphatic hydroxyl groups excluding tert-OH is 1. The van der Waals surface area contributed by atoms with Crippen LogP contribution in [0.4, 0.5) is 5.69 Å². The van der Waals surface area contributed by atoms with Crippen LogP contribution in [0, 0.1) is 4.91 Å². The normalized spacial score (nSPS) is 11.1. The molecule has 0 aliphatic carbocycles. The fraction of sp³-hybridized carbons (Fsp3) is 0.111. The highest BCUT2D eigenvalue weighted by molar-refractivity contribution is 6.11. The molecule has 29 heavy (non-hydrogen) atoms. The molecule has 0 bridgehead atoms. The summed E-state index contributed by atoms with van der Waals surface area (Å²) in [6.07, 6.45) is 1.53. The quantitative estimate of drug-likeness (QED) is 0.416. The van der Waals surface area contributed by atoms with Crippen molar-refractivity contribution in [2.45, 2.75) is 6.54 Å². The van der Waals surface area contributed by atoms with E-state index in [0.29, 0.717) is 21.8 Å². The van der Waals surface area contributed by atoms with Crippen LogP contribution in [-0.2, 0) is 6.54 Å². The Morgan fingerprint density at radius 1 is 1.28 bits per heavy atom. The van der Waals surface area contributed by atoms with E-state index in [9.17, 15) is 14.8 Å². The highest BCUT2D eigenvalue weighted by Gasteiger charge is 2.19. The number of carbonyl (C=O) groups excluding carboxylic acids is 1. The molecular weight excluding hydrogens is 380 g/mol. The molecule has 0 radical (unpaired) electrons. The Morgan fingerprint density at radius 3 is 2.83 bits per heavy atom. The minimum atomic E-state index is -0.695. The number of nitrogens with two attached hydrogens (primary N) is 1. The molecule has 146 valence electrons. The maximum atomic E-state index is 11.7. The van der Waals surface area contributed by atoms with Crippen LogP contribution in [0.25, 0.3) is 21.8 Å². The van der Waals surface area contributed by atoms with Gasteiger partial charge in [0.05, 0.1) is 29.6 Å². The fourth-order valence-corrected chi connectivity index (χ4v) is 3.00. The number of carbonyl (C=O) groups is 1. The second kappa shape index (κ2) is 7.13. The van der Waals surface area contributed by atoms with Gasteiger partial charge in [0.1, 0.15) is 11.3 Å². The van der Waals surface area contributed by atoms with Crippen molar-refractivity contribution in [1.82, 2.24) is 19.7 Å². The summed E-state index contributed by atoms with van der Waals surface area (Å²) >= 11 is 0. The van der Waals surface area contributed by atoms with Crippen LogP contribution in [-0.4, -0.2) is 47.5 Å². The first-order valence-electron chi connectivity index (χ1n) is 8.49. The Bertz CT molecular complexity index is 1270. The van der Waals surface area contributed by atoms with Gasteiger partial charge < -0.3 is 15.6 Å². The highest BCUT2D eigenvalue weighted by Crippen LogP contribution is 2.29. The van der Waals surface area contributed by atoms with Gasteiger partial charge >= 0.3 is 11.7 Å². The van der Waals surface area contributed by atoms with Gasteiger partial charge in [0.25, 0.3) is 10.8 Å². The van der Waals surface area contributed by atoms with E-state index in [0.717, 1.165) is 0 Å². The number of fused-ring (bicyclic) bond motifs is 3. The van der Waals surface area contributed by atoms with Crippen LogP contribution in [0.15, 0.2) is 42.6 Å². The van der Waals surface area contributed by atoms with Crippen molar-refractivity contribution in [3.8, 4) is 11.8 Å². The molecule has 2 aromatic heterocycles. The van der Waals surface area contributed by atoms with E-state index in [2.05, 4.69) is 15.1 Å². The number of aliphatic hydroxyl groups is 1. The van der Waals surface area contributed by atoms with Gasteiger partial charge in [0.2, 0.25) is 0 Å². The third kappa shape index (κ3) is 3.30. The summed E-state index contributed by atoms with van der Waals surface area (Å²) in [4.78, 5) is 31.1. The number of amides is 1. The lowest BCUT2D eigenvalue weighted by molar-refractivity contribution is -0.729. The van der Waals surface area contributed by atoms with E-state index in [-0.39, 0.29) is 41.2 Å². The summed E-state index contributed by atoms with van der Waals surface area (Å²) in [7, 11) is 0. The first-order valence-corrected chi connectivity index (χ1v) is 8.49. The number of benzene rings is 2. The lowest BCUT2D eigenvalue weighted by Crippen LogP contribution is -2.13. The molecule has 0 saturated carbocycles. The Morgan fingerprint density at radius 2 is 2.10 bits per heavy atom. The molecule has 2 heterocycles. The fourth-order valence-electron chi connectivity index (χ4n) is 3.00. The molecule has 4 N–H and O–H groups in total. The molecule has 0 fully saturated rings. The number of primary amides is 1. The molecule has 4 rings (SSSR count). The molecule has 0 unspecified atom stereocenters. The van der Waals surface area contributed by atoms with E-state index in [1.165, 1.54) is 29.1 Å². The second-order valence-electron chi connectivity index (χ2n) is 6.08. The largest absolute Gasteiger partial charge is 0.424 e. The third-order valence-electron chi connectivity index (χ3n) is 4.23. The smallest absolute Gasteiger partial charge is 0.322 e. The molecule has 0 aliphatic heterocycles. The van der Waals surface area contributed by atoms with Crippen LogP contribution in [0.3, 0.4) is 0 Å². The van der Waals surface area contributed by atoms with Gasteiger partial charge in [0.15, 0.2) is 5.69 Å². The minimum absolute atomic E-state index is 0.0159. The average molecular weight is 395 g/mol. The number of hydrogen-bond acceptors (Lipinski definition) is 7. The van der Waals surface area contributed by atoms with Gasteiger partial charge in [0, 0.05) is 23.0 Å². The van der Waals surface area contributed by atoms with E-state index >= 15 is 0 Å². The molecule has 0 saturated heterocycles. The van der Waals surface area contributed by atoms with Gasteiger partial charge in [-0.1, -0.05) is 12.1 Å². The van der Waals surface area contributed by atoms with Crippen LogP contribution in [0.2, 0.25) is 0 Å². The summed E-state index contributed by atoms with van der Waals surface area (Å²) in [5.41, 5.74) is 6.43. The van der Waals surface area contributed by atoms with Gasteiger partial charge in [-0.3, -0.25) is 9.48 Å². The van der Waals surface area contributed by atoms with Crippen molar-refractivity contribution in [1.29, 1.82) is 0 Å². The third-order valence-corrected chi connectivity index (χ3v) is 4.23. The monoisotopic (exact) mass is 395 g/mol. The molecular formula is C18H15N6O5+. The summed E-state index contributed by atoms with van der Waals surface area (Å²) < 4.78 is 7.07. The van der Waals surface area contributed by atoms with Crippen molar-refractivity contribution in [3.63, 3.8) is 0 Å². The lowest BCUT2D eigenvalue weighted by Gasteiger charge is -2.07. The molecule has 11 nitrogen and oxygen atoms in total. The van der Waals surface area contributed by atoms with E-state index < -0.39 is 5.91 Å². The number of nitrogens with zero attached hydrogens (tertiary/aromatic N) is 5. The van der Waals surface area contributed by atoms with Gasteiger partial charge in [-0.15, -0.1) is 0 Å². The van der Waals surface area contributed by atoms with Crippen molar-refractivity contribution in [2.24, 2.45) is 5.73 Å². The zero-order chi connectivity index (χ0) is 20.5.